The van der Waals surface area contributed by atoms with Crippen LogP contribution in [0.1, 0.15) is 37.4 Å². The molecule has 2 aliphatic rings. The van der Waals surface area contributed by atoms with E-state index in [2.05, 4.69) is 28.9 Å². The van der Waals surface area contributed by atoms with Gasteiger partial charge in [0, 0.05) is 44.8 Å². The van der Waals surface area contributed by atoms with E-state index in [0.29, 0.717) is 37.7 Å². The van der Waals surface area contributed by atoms with Crippen molar-refractivity contribution < 1.29 is 17.6 Å². The Kier molecular flexibility index (Phi) is 6.40. The van der Waals surface area contributed by atoms with E-state index >= 15 is 0 Å². The summed E-state index contributed by atoms with van der Waals surface area (Å²) in [6.07, 6.45) is 1.76. The van der Waals surface area contributed by atoms with Crippen LogP contribution in [0.5, 0.6) is 0 Å². The molecule has 0 radical (unpaired) electrons. The zero-order chi connectivity index (χ0) is 22.0. The third-order valence-electron chi connectivity index (χ3n) is 6.20. The highest BCUT2D eigenvalue weighted by Gasteiger charge is 2.29. The summed E-state index contributed by atoms with van der Waals surface area (Å²) in [5.74, 6) is 0.442. The van der Waals surface area contributed by atoms with Gasteiger partial charge in [-0.3, -0.25) is 4.79 Å². The van der Waals surface area contributed by atoms with Crippen LogP contribution in [0.3, 0.4) is 0 Å². The second-order valence-corrected chi connectivity index (χ2v) is 10.2. The molecule has 31 heavy (non-hydrogen) atoms. The molecule has 0 atom stereocenters. The van der Waals surface area contributed by atoms with Crippen LogP contribution in [-0.2, 0) is 10.0 Å². The molecule has 4 rings (SSSR count). The lowest BCUT2D eigenvalue weighted by molar-refractivity contribution is 0.0605. The van der Waals surface area contributed by atoms with E-state index in [0.717, 1.165) is 32.5 Å². The molecule has 3 heterocycles. The minimum atomic E-state index is -3.51. The van der Waals surface area contributed by atoms with Crippen molar-refractivity contribution in [2.45, 2.75) is 31.6 Å². The summed E-state index contributed by atoms with van der Waals surface area (Å²) in [7, 11) is -3.51. The topological polar surface area (TPSA) is 99.8 Å². The van der Waals surface area contributed by atoms with Crippen molar-refractivity contribution in [3.63, 3.8) is 0 Å². The van der Waals surface area contributed by atoms with Crippen LogP contribution in [0.4, 0.5) is 0 Å². The summed E-state index contributed by atoms with van der Waals surface area (Å²) >= 11 is 0. The summed E-state index contributed by atoms with van der Waals surface area (Å²) in [5, 5.41) is 7.90. The summed E-state index contributed by atoms with van der Waals surface area (Å²) in [6, 6.07) is 6.39. The van der Waals surface area contributed by atoms with Crippen molar-refractivity contribution in [2.24, 2.45) is 5.92 Å². The molecule has 0 bridgehead atoms. The van der Waals surface area contributed by atoms with E-state index in [1.807, 2.05) is 0 Å². The highest BCUT2D eigenvalue weighted by Crippen LogP contribution is 2.26. The van der Waals surface area contributed by atoms with Gasteiger partial charge in [0.15, 0.2) is 0 Å². The monoisotopic (exact) mass is 447 g/mol. The molecule has 10 heteroatoms. The molecule has 1 aromatic heterocycles. The zero-order valence-corrected chi connectivity index (χ0v) is 18.8. The van der Waals surface area contributed by atoms with Crippen LogP contribution in [0, 0.1) is 5.92 Å². The Hall–Kier alpha value is -2.30. The number of hydrogen-bond acceptors (Lipinski definition) is 7. The number of rotatable bonds is 5. The fourth-order valence-electron chi connectivity index (χ4n) is 3.97. The number of amides is 1. The van der Waals surface area contributed by atoms with Crippen LogP contribution in [-0.4, -0.2) is 84.4 Å². The number of piperazine rings is 1. The zero-order valence-electron chi connectivity index (χ0n) is 18.0. The second-order valence-electron chi connectivity index (χ2n) is 8.25. The maximum absolute atomic E-state index is 12.9. The van der Waals surface area contributed by atoms with Gasteiger partial charge in [-0.1, -0.05) is 13.8 Å². The number of sulfonamides is 1. The Labute approximate surface area is 183 Å². The first-order chi connectivity index (χ1) is 14.9. The molecule has 0 N–H and O–H groups in total. The Morgan fingerprint density at radius 1 is 1.03 bits per heavy atom. The largest absolute Gasteiger partial charge is 0.412 e. The van der Waals surface area contributed by atoms with Gasteiger partial charge in [0.2, 0.25) is 15.9 Å². The predicted molar refractivity (Wildman–Crippen MR) is 115 cm³/mol. The number of nitrogens with zero attached hydrogens (tertiary/aromatic N) is 5. The second kappa shape index (κ2) is 9.05. The quantitative estimate of drug-likeness (QED) is 0.690. The number of aromatic nitrogens is 2. The third-order valence-corrected chi connectivity index (χ3v) is 8.11. The molecule has 168 valence electrons. The summed E-state index contributed by atoms with van der Waals surface area (Å²) < 4.78 is 32.9. The van der Waals surface area contributed by atoms with Crippen LogP contribution in [0.25, 0.3) is 11.5 Å². The van der Waals surface area contributed by atoms with Crippen molar-refractivity contribution in [1.82, 2.24) is 24.3 Å². The Balaban J connectivity index is 1.44. The van der Waals surface area contributed by atoms with E-state index < -0.39 is 10.0 Å². The van der Waals surface area contributed by atoms with Crippen molar-refractivity contribution in [1.29, 1.82) is 0 Å². The van der Waals surface area contributed by atoms with Crippen LogP contribution in [0.2, 0.25) is 0 Å². The van der Waals surface area contributed by atoms with Gasteiger partial charge in [0.05, 0.1) is 4.90 Å². The first kappa shape index (κ1) is 21.9. The van der Waals surface area contributed by atoms with Gasteiger partial charge in [-0.25, -0.2) is 8.42 Å². The number of benzene rings is 1. The van der Waals surface area contributed by atoms with Gasteiger partial charge in [-0.15, -0.1) is 10.2 Å². The number of hydrogen-bond donors (Lipinski definition) is 0. The van der Waals surface area contributed by atoms with E-state index in [4.69, 9.17) is 4.42 Å². The van der Waals surface area contributed by atoms with Crippen molar-refractivity contribution in [3.05, 3.63) is 30.2 Å². The fraction of sp³-hybridized carbons (Fsp3) is 0.571. The maximum Gasteiger partial charge on any atom is 0.311 e. The molecule has 1 amide bonds. The molecule has 0 unspecified atom stereocenters. The molecule has 2 aliphatic heterocycles. The van der Waals surface area contributed by atoms with Crippen LogP contribution in [0.15, 0.2) is 33.6 Å². The van der Waals surface area contributed by atoms with Gasteiger partial charge < -0.3 is 14.2 Å². The molecular formula is C21H29N5O4S. The third kappa shape index (κ3) is 4.65. The Morgan fingerprint density at radius 3 is 2.29 bits per heavy atom. The summed E-state index contributed by atoms with van der Waals surface area (Å²) in [5.41, 5.74) is 0.577. The van der Waals surface area contributed by atoms with Gasteiger partial charge in [-0.05, 0) is 49.6 Å². The van der Waals surface area contributed by atoms with Crippen LogP contribution < -0.4 is 0 Å². The van der Waals surface area contributed by atoms with Gasteiger partial charge in [0.1, 0.15) is 0 Å². The smallest absolute Gasteiger partial charge is 0.311 e. The average Bonchev–Trinajstić information content (AvgIpc) is 3.29. The lowest BCUT2D eigenvalue weighted by Crippen LogP contribution is -2.48. The SMILES string of the molecule is CCN1CCN(C(=O)c2nnc(-c3ccc(S(=O)(=O)N4CCC(C)CC4)cc3)o2)CC1. The number of piperidine rings is 1. The van der Waals surface area contributed by atoms with Crippen molar-refractivity contribution in [3.8, 4) is 11.5 Å². The minimum absolute atomic E-state index is 0.0425. The molecule has 2 fully saturated rings. The normalized spacial score (nSPS) is 19.6. The van der Waals surface area contributed by atoms with Crippen molar-refractivity contribution in [2.75, 3.05) is 45.8 Å². The molecule has 1 aromatic carbocycles. The van der Waals surface area contributed by atoms with E-state index in [9.17, 15) is 13.2 Å². The highest BCUT2D eigenvalue weighted by atomic mass is 32.2. The molecule has 0 spiro atoms. The lowest BCUT2D eigenvalue weighted by atomic mass is 10.0. The van der Waals surface area contributed by atoms with E-state index in [1.54, 1.807) is 33.5 Å². The molecule has 2 aromatic rings. The molecular weight excluding hydrogens is 418 g/mol. The first-order valence-electron chi connectivity index (χ1n) is 10.8. The van der Waals surface area contributed by atoms with Gasteiger partial charge in [-0.2, -0.15) is 4.31 Å². The standard InChI is InChI=1S/C21H29N5O4S/c1-3-24-12-14-25(15-13-24)21(27)20-23-22-19(30-20)17-4-6-18(7-5-17)31(28,29)26-10-8-16(2)9-11-26/h4-7,16H,3,8-15H2,1-2H3. The van der Waals surface area contributed by atoms with E-state index in [1.165, 1.54) is 0 Å². The molecule has 2 saturated heterocycles. The van der Waals surface area contributed by atoms with E-state index in [-0.39, 0.29) is 22.6 Å². The Morgan fingerprint density at radius 2 is 1.68 bits per heavy atom. The van der Waals surface area contributed by atoms with Crippen molar-refractivity contribution >= 4 is 15.9 Å². The highest BCUT2D eigenvalue weighted by molar-refractivity contribution is 7.89. The fourth-order valence-corrected chi connectivity index (χ4v) is 5.44. The number of carbonyl (C=O) groups excluding carboxylic acids is 1. The summed E-state index contributed by atoms with van der Waals surface area (Å²) in [6.45, 7) is 9.23. The van der Waals surface area contributed by atoms with Gasteiger partial charge in [0.25, 0.3) is 0 Å². The Bertz CT molecular complexity index is 1000. The lowest BCUT2D eigenvalue weighted by Gasteiger charge is -2.33. The molecule has 0 aliphatic carbocycles. The molecule has 0 saturated carbocycles. The predicted octanol–water partition coefficient (Wildman–Crippen LogP) is 1.93. The molecule has 9 nitrogen and oxygen atoms in total. The summed E-state index contributed by atoms with van der Waals surface area (Å²) in [4.78, 5) is 16.9. The maximum atomic E-state index is 12.9. The van der Waals surface area contributed by atoms with Gasteiger partial charge >= 0.3 is 11.8 Å². The number of carbonyl (C=O) groups is 1. The minimum Gasteiger partial charge on any atom is -0.412 e. The number of likely N-dealkylation sites (N-methyl/N-ethyl adjacent to an activating group) is 1. The van der Waals surface area contributed by atoms with Crippen LogP contribution >= 0.6 is 0 Å². The average molecular weight is 448 g/mol. The first-order valence-corrected chi connectivity index (χ1v) is 12.3.